The molecule has 1 aliphatic rings. The van der Waals surface area contributed by atoms with Crippen molar-refractivity contribution in [3.8, 4) is 0 Å². The largest absolute Gasteiger partial charge is 0.399 e. The summed E-state index contributed by atoms with van der Waals surface area (Å²) in [7, 11) is 0. The second-order valence-electron chi connectivity index (χ2n) is 5.02. The van der Waals surface area contributed by atoms with Crippen LogP contribution < -0.4 is 11.1 Å². The monoisotopic (exact) mass is 272 g/mol. The Bertz CT molecular complexity index is 571. The van der Waals surface area contributed by atoms with E-state index >= 15 is 0 Å². The van der Waals surface area contributed by atoms with Gasteiger partial charge < -0.3 is 11.1 Å². The fraction of sp³-hybridized carbons (Fsp3) is 0.267. The normalized spacial score (nSPS) is 16.0. The SMILES string of the molecule is Nc1ccc(C2(C(=O)NCc3ccsc3)CC2)cc1. The number of thiophene rings is 1. The van der Waals surface area contributed by atoms with Gasteiger partial charge in [-0.05, 0) is 52.9 Å². The molecule has 1 fully saturated rings. The van der Waals surface area contributed by atoms with Gasteiger partial charge in [0.2, 0.25) is 5.91 Å². The van der Waals surface area contributed by atoms with E-state index in [4.69, 9.17) is 5.73 Å². The average Bonchev–Trinajstić information content (AvgIpc) is 3.07. The van der Waals surface area contributed by atoms with Crippen LogP contribution in [0, 0.1) is 0 Å². The zero-order valence-corrected chi connectivity index (χ0v) is 11.4. The highest BCUT2D eigenvalue weighted by Gasteiger charge is 2.50. The number of nitrogens with two attached hydrogens (primary N) is 1. The molecule has 3 N–H and O–H groups in total. The number of hydrogen-bond acceptors (Lipinski definition) is 3. The Morgan fingerprint density at radius 1 is 1.26 bits per heavy atom. The summed E-state index contributed by atoms with van der Waals surface area (Å²) in [5.74, 6) is 0.128. The molecule has 1 aromatic carbocycles. The molecule has 0 bridgehead atoms. The van der Waals surface area contributed by atoms with E-state index in [0.29, 0.717) is 6.54 Å². The molecule has 1 aliphatic carbocycles. The third-order valence-corrected chi connectivity index (χ3v) is 4.41. The first-order valence-corrected chi connectivity index (χ1v) is 7.30. The minimum atomic E-state index is -0.316. The molecule has 0 atom stereocenters. The smallest absolute Gasteiger partial charge is 0.230 e. The molecule has 1 aromatic heterocycles. The molecule has 0 aliphatic heterocycles. The summed E-state index contributed by atoms with van der Waals surface area (Å²) in [6.45, 7) is 0.610. The maximum Gasteiger partial charge on any atom is 0.230 e. The fourth-order valence-corrected chi connectivity index (χ4v) is 2.99. The number of carbonyl (C=O) groups excluding carboxylic acids is 1. The number of anilines is 1. The minimum absolute atomic E-state index is 0.128. The molecule has 19 heavy (non-hydrogen) atoms. The highest BCUT2D eigenvalue weighted by Crippen LogP contribution is 2.48. The maximum absolute atomic E-state index is 12.4. The summed E-state index contributed by atoms with van der Waals surface area (Å²) in [4.78, 5) is 12.4. The first-order valence-electron chi connectivity index (χ1n) is 6.36. The number of benzene rings is 1. The lowest BCUT2D eigenvalue weighted by Gasteiger charge is -2.15. The van der Waals surface area contributed by atoms with Gasteiger partial charge in [-0.15, -0.1) is 0 Å². The van der Waals surface area contributed by atoms with Crippen molar-refractivity contribution in [1.29, 1.82) is 0 Å². The predicted molar refractivity (Wildman–Crippen MR) is 77.9 cm³/mol. The Morgan fingerprint density at radius 2 is 2.00 bits per heavy atom. The van der Waals surface area contributed by atoms with E-state index in [0.717, 1.165) is 29.7 Å². The Kier molecular flexibility index (Phi) is 3.03. The summed E-state index contributed by atoms with van der Waals surface area (Å²) in [6.07, 6.45) is 1.85. The summed E-state index contributed by atoms with van der Waals surface area (Å²) in [5, 5.41) is 7.12. The zero-order chi connectivity index (χ0) is 13.3. The Hall–Kier alpha value is -1.81. The third kappa shape index (κ3) is 2.36. The van der Waals surface area contributed by atoms with E-state index in [1.807, 2.05) is 35.7 Å². The highest BCUT2D eigenvalue weighted by atomic mass is 32.1. The molecular weight excluding hydrogens is 256 g/mol. The van der Waals surface area contributed by atoms with Crippen LogP contribution in [-0.4, -0.2) is 5.91 Å². The van der Waals surface area contributed by atoms with Gasteiger partial charge in [0.15, 0.2) is 0 Å². The number of amides is 1. The van der Waals surface area contributed by atoms with Gasteiger partial charge in [0.05, 0.1) is 5.41 Å². The predicted octanol–water partition coefficient (Wildman–Crippen LogP) is 2.68. The van der Waals surface area contributed by atoms with Gasteiger partial charge in [-0.1, -0.05) is 12.1 Å². The minimum Gasteiger partial charge on any atom is -0.399 e. The number of hydrogen-bond donors (Lipinski definition) is 2. The first kappa shape index (κ1) is 12.2. The molecule has 1 heterocycles. The number of nitrogen functional groups attached to an aromatic ring is 1. The number of nitrogens with one attached hydrogen (secondary N) is 1. The molecule has 0 saturated heterocycles. The van der Waals surface area contributed by atoms with Crippen LogP contribution in [0.5, 0.6) is 0 Å². The maximum atomic E-state index is 12.4. The van der Waals surface area contributed by atoms with Crippen molar-refractivity contribution in [2.24, 2.45) is 0 Å². The fourth-order valence-electron chi connectivity index (χ4n) is 2.32. The van der Waals surface area contributed by atoms with Crippen molar-refractivity contribution in [1.82, 2.24) is 5.32 Å². The second kappa shape index (κ2) is 4.70. The van der Waals surface area contributed by atoms with Crippen molar-refractivity contribution >= 4 is 22.9 Å². The van der Waals surface area contributed by atoms with E-state index < -0.39 is 0 Å². The van der Waals surface area contributed by atoms with Crippen LogP contribution in [0.1, 0.15) is 24.0 Å². The van der Waals surface area contributed by atoms with E-state index in [9.17, 15) is 4.79 Å². The zero-order valence-electron chi connectivity index (χ0n) is 10.6. The van der Waals surface area contributed by atoms with Crippen LogP contribution in [0.15, 0.2) is 41.1 Å². The van der Waals surface area contributed by atoms with Crippen molar-refractivity contribution in [3.05, 3.63) is 52.2 Å². The topological polar surface area (TPSA) is 55.1 Å². The standard InChI is InChI=1S/C15H16N2OS/c16-13-3-1-12(2-4-13)15(6-7-15)14(18)17-9-11-5-8-19-10-11/h1-5,8,10H,6-7,9,16H2,(H,17,18). The van der Waals surface area contributed by atoms with E-state index in [2.05, 4.69) is 10.7 Å². The van der Waals surface area contributed by atoms with Gasteiger partial charge in [0, 0.05) is 12.2 Å². The van der Waals surface area contributed by atoms with Gasteiger partial charge in [0.1, 0.15) is 0 Å². The first-order chi connectivity index (χ1) is 9.21. The molecule has 2 aromatic rings. The van der Waals surface area contributed by atoms with Crippen LogP contribution in [-0.2, 0) is 16.8 Å². The van der Waals surface area contributed by atoms with Crippen LogP contribution in [0.25, 0.3) is 0 Å². The number of carbonyl (C=O) groups is 1. The lowest BCUT2D eigenvalue weighted by atomic mass is 9.94. The Balaban J connectivity index is 1.70. The molecular formula is C15H16N2OS. The Morgan fingerprint density at radius 3 is 2.58 bits per heavy atom. The summed E-state index contributed by atoms with van der Waals surface area (Å²) in [5.41, 5.74) is 8.34. The molecule has 0 spiro atoms. The lowest BCUT2D eigenvalue weighted by Crippen LogP contribution is -2.34. The lowest BCUT2D eigenvalue weighted by molar-refractivity contribution is -0.123. The molecule has 0 unspecified atom stereocenters. The molecule has 1 amide bonds. The van der Waals surface area contributed by atoms with Crippen molar-refractivity contribution in [2.75, 3.05) is 5.73 Å². The summed E-state index contributed by atoms with van der Waals surface area (Å²) < 4.78 is 0. The third-order valence-electron chi connectivity index (χ3n) is 3.68. The summed E-state index contributed by atoms with van der Waals surface area (Å²) >= 11 is 1.65. The molecule has 0 radical (unpaired) electrons. The molecule has 3 rings (SSSR count). The number of rotatable bonds is 4. The average molecular weight is 272 g/mol. The summed E-state index contributed by atoms with van der Waals surface area (Å²) in [6, 6.07) is 9.69. The molecule has 4 heteroatoms. The van der Waals surface area contributed by atoms with Gasteiger partial charge in [-0.3, -0.25) is 4.79 Å². The van der Waals surface area contributed by atoms with E-state index in [1.165, 1.54) is 0 Å². The molecule has 1 saturated carbocycles. The van der Waals surface area contributed by atoms with Crippen LogP contribution in [0.2, 0.25) is 0 Å². The van der Waals surface area contributed by atoms with Crippen molar-refractivity contribution < 1.29 is 4.79 Å². The quantitative estimate of drug-likeness (QED) is 0.841. The van der Waals surface area contributed by atoms with Crippen molar-refractivity contribution in [2.45, 2.75) is 24.8 Å². The van der Waals surface area contributed by atoms with Gasteiger partial charge in [-0.25, -0.2) is 0 Å². The van der Waals surface area contributed by atoms with Crippen LogP contribution >= 0.6 is 11.3 Å². The van der Waals surface area contributed by atoms with Gasteiger partial charge in [0.25, 0.3) is 0 Å². The van der Waals surface area contributed by atoms with Crippen LogP contribution in [0.3, 0.4) is 0 Å². The molecule has 3 nitrogen and oxygen atoms in total. The molecule has 98 valence electrons. The van der Waals surface area contributed by atoms with E-state index in [1.54, 1.807) is 11.3 Å². The van der Waals surface area contributed by atoms with E-state index in [-0.39, 0.29) is 11.3 Å². The van der Waals surface area contributed by atoms with Crippen LogP contribution in [0.4, 0.5) is 5.69 Å². The Labute approximate surface area is 116 Å². The second-order valence-corrected chi connectivity index (χ2v) is 5.80. The van der Waals surface area contributed by atoms with Gasteiger partial charge >= 0.3 is 0 Å². The van der Waals surface area contributed by atoms with Crippen molar-refractivity contribution in [3.63, 3.8) is 0 Å². The highest BCUT2D eigenvalue weighted by molar-refractivity contribution is 7.07. The van der Waals surface area contributed by atoms with Gasteiger partial charge in [-0.2, -0.15) is 11.3 Å².